The normalized spacial score (nSPS) is 15.8. The Hall–Kier alpha value is -1.94. The summed E-state index contributed by atoms with van der Waals surface area (Å²) in [5.74, 6) is -0.281. The van der Waals surface area contributed by atoms with Crippen molar-refractivity contribution in [1.29, 1.82) is 0 Å². The first-order valence-electron chi connectivity index (χ1n) is 8.03. The van der Waals surface area contributed by atoms with Crippen molar-refractivity contribution in [2.24, 2.45) is 0 Å². The van der Waals surface area contributed by atoms with Gasteiger partial charge in [0.15, 0.2) is 0 Å². The average Bonchev–Trinajstić information content (AvgIpc) is 2.95. The highest BCUT2D eigenvalue weighted by Crippen LogP contribution is 2.19. The number of nitrogens with one attached hydrogen (secondary N) is 1. The van der Waals surface area contributed by atoms with E-state index in [1.54, 1.807) is 19.1 Å². The number of hydrogen-bond donors (Lipinski definition) is 1. The van der Waals surface area contributed by atoms with Crippen molar-refractivity contribution in [3.63, 3.8) is 0 Å². The maximum atomic E-state index is 12.6. The van der Waals surface area contributed by atoms with Gasteiger partial charge in [0.25, 0.3) is 0 Å². The molecule has 0 atom stereocenters. The SMILES string of the molecule is Cc1c(Cl)cnn1CC(=O)Nc1ccc(S(=O)(=O)N2CCOCC2)cc1. The van der Waals surface area contributed by atoms with E-state index < -0.39 is 10.0 Å². The molecule has 1 aliphatic rings. The number of benzene rings is 1. The minimum atomic E-state index is -3.55. The molecule has 2 aromatic rings. The number of halogens is 1. The van der Waals surface area contributed by atoms with Crippen LogP contribution in [0.1, 0.15) is 5.69 Å². The Labute approximate surface area is 156 Å². The summed E-state index contributed by atoms with van der Waals surface area (Å²) in [4.78, 5) is 12.3. The fraction of sp³-hybridized carbons (Fsp3) is 0.375. The zero-order chi connectivity index (χ0) is 18.7. The summed E-state index contributed by atoms with van der Waals surface area (Å²) in [5, 5.41) is 7.23. The number of ether oxygens (including phenoxy) is 1. The highest BCUT2D eigenvalue weighted by molar-refractivity contribution is 7.89. The van der Waals surface area contributed by atoms with Crippen LogP contribution in [0.25, 0.3) is 0 Å². The van der Waals surface area contributed by atoms with Gasteiger partial charge in [-0.25, -0.2) is 8.42 Å². The number of anilines is 1. The van der Waals surface area contributed by atoms with Crippen molar-refractivity contribution in [3.05, 3.63) is 41.2 Å². The number of morpholine rings is 1. The van der Waals surface area contributed by atoms with Crippen molar-refractivity contribution in [1.82, 2.24) is 14.1 Å². The highest BCUT2D eigenvalue weighted by atomic mass is 35.5. The van der Waals surface area contributed by atoms with Crippen LogP contribution < -0.4 is 5.32 Å². The molecule has 3 rings (SSSR count). The fourth-order valence-electron chi connectivity index (χ4n) is 2.57. The number of carbonyl (C=O) groups is 1. The van der Waals surface area contributed by atoms with Crippen LogP contribution in [0.3, 0.4) is 0 Å². The number of nitrogens with zero attached hydrogens (tertiary/aromatic N) is 3. The largest absolute Gasteiger partial charge is 0.379 e. The second kappa shape index (κ2) is 7.75. The standard InChI is InChI=1S/C16H19ClN4O4S/c1-12-15(17)10-18-21(12)11-16(22)19-13-2-4-14(5-3-13)26(23,24)20-6-8-25-9-7-20/h2-5,10H,6-9,11H2,1H3,(H,19,22). The number of aromatic nitrogens is 2. The Morgan fingerprint density at radius 2 is 1.92 bits per heavy atom. The van der Waals surface area contributed by atoms with Gasteiger partial charge < -0.3 is 10.1 Å². The van der Waals surface area contributed by atoms with Gasteiger partial charge in [-0.05, 0) is 31.2 Å². The molecule has 0 bridgehead atoms. The van der Waals surface area contributed by atoms with Crippen molar-refractivity contribution < 1.29 is 17.9 Å². The summed E-state index contributed by atoms with van der Waals surface area (Å²) in [6.07, 6.45) is 1.48. The van der Waals surface area contributed by atoms with Crippen LogP contribution in [-0.4, -0.2) is 54.7 Å². The molecule has 140 valence electrons. The topological polar surface area (TPSA) is 93.5 Å². The molecular formula is C16H19ClN4O4S. The molecule has 0 aliphatic carbocycles. The molecule has 1 saturated heterocycles. The lowest BCUT2D eigenvalue weighted by molar-refractivity contribution is -0.116. The third kappa shape index (κ3) is 4.07. The van der Waals surface area contributed by atoms with Crippen molar-refractivity contribution in [2.45, 2.75) is 18.4 Å². The van der Waals surface area contributed by atoms with Crippen molar-refractivity contribution in [3.8, 4) is 0 Å². The van der Waals surface area contributed by atoms with Crippen LogP contribution in [-0.2, 0) is 26.1 Å². The molecule has 26 heavy (non-hydrogen) atoms. The molecule has 1 aromatic carbocycles. The smallest absolute Gasteiger partial charge is 0.246 e. The Balaban J connectivity index is 1.65. The lowest BCUT2D eigenvalue weighted by atomic mass is 10.3. The maximum absolute atomic E-state index is 12.6. The van der Waals surface area contributed by atoms with E-state index >= 15 is 0 Å². The van der Waals surface area contributed by atoms with E-state index in [-0.39, 0.29) is 17.3 Å². The summed E-state index contributed by atoms with van der Waals surface area (Å²) < 4.78 is 33.2. The van der Waals surface area contributed by atoms with Crippen LogP contribution in [0.4, 0.5) is 5.69 Å². The van der Waals surface area contributed by atoms with Crippen molar-refractivity contribution in [2.75, 3.05) is 31.6 Å². The Kier molecular flexibility index (Phi) is 5.61. The summed E-state index contributed by atoms with van der Waals surface area (Å²) in [7, 11) is -3.55. The molecule has 0 radical (unpaired) electrons. The van der Waals surface area contributed by atoms with Crippen LogP contribution >= 0.6 is 11.6 Å². The molecule has 1 aromatic heterocycles. The summed E-state index contributed by atoms with van der Waals surface area (Å²) in [6.45, 7) is 3.26. The zero-order valence-electron chi connectivity index (χ0n) is 14.2. The van der Waals surface area contributed by atoms with Gasteiger partial charge in [-0.1, -0.05) is 11.6 Å². The minimum Gasteiger partial charge on any atom is -0.379 e. The predicted molar refractivity (Wildman–Crippen MR) is 96.6 cm³/mol. The van der Waals surface area contributed by atoms with Gasteiger partial charge in [-0.2, -0.15) is 9.40 Å². The van der Waals surface area contributed by atoms with Crippen LogP contribution in [0.2, 0.25) is 5.02 Å². The molecule has 0 unspecified atom stereocenters. The lowest BCUT2D eigenvalue weighted by Gasteiger charge is -2.26. The van der Waals surface area contributed by atoms with Crippen molar-refractivity contribution >= 4 is 33.2 Å². The van der Waals surface area contributed by atoms with Gasteiger partial charge >= 0.3 is 0 Å². The number of sulfonamides is 1. The van der Waals surface area contributed by atoms with E-state index in [0.717, 1.165) is 0 Å². The summed E-state index contributed by atoms with van der Waals surface area (Å²) in [6, 6.07) is 6.09. The first-order valence-corrected chi connectivity index (χ1v) is 9.85. The molecule has 8 nitrogen and oxygen atoms in total. The molecule has 10 heteroatoms. The second-order valence-electron chi connectivity index (χ2n) is 5.82. The zero-order valence-corrected chi connectivity index (χ0v) is 15.8. The van der Waals surface area contributed by atoms with Gasteiger partial charge in [0, 0.05) is 18.8 Å². The minimum absolute atomic E-state index is 0.0202. The highest BCUT2D eigenvalue weighted by Gasteiger charge is 2.26. The van der Waals surface area contributed by atoms with E-state index in [4.69, 9.17) is 16.3 Å². The van der Waals surface area contributed by atoms with E-state index in [9.17, 15) is 13.2 Å². The summed E-state index contributed by atoms with van der Waals surface area (Å²) in [5.41, 5.74) is 1.21. The van der Waals surface area contributed by atoms with Crippen LogP contribution in [0, 0.1) is 6.92 Å². The molecule has 2 heterocycles. The Morgan fingerprint density at radius 1 is 1.27 bits per heavy atom. The van der Waals surface area contributed by atoms with Crippen LogP contribution in [0.15, 0.2) is 35.4 Å². The quantitative estimate of drug-likeness (QED) is 0.823. The first kappa shape index (κ1) is 18.8. The molecule has 0 spiro atoms. The van der Waals surface area contributed by atoms with Gasteiger partial charge in [-0.15, -0.1) is 0 Å². The lowest BCUT2D eigenvalue weighted by Crippen LogP contribution is -2.40. The van der Waals surface area contributed by atoms with E-state index in [1.165, 1.54) is 27.3 Å². The van der Waals surface area contributed by atoms with E-state index in [1.807, 2.05) is 0 Å². The maximum Gasteiger partial charge on any atom is 0.246 e. The third-order valence-corrected chi connectivity index (χ3v) is 6.37. The fourth-order valence-corrected chi connectivity index (χ4v) is 4.12. The predicted octanol–water partition coefficient (Wildman–Crippen LogP) is 1.50. The first-order chi connectivity index (χ1) is 12.4. The number of amides is 1. The Morgan fingerprint density at radius 3 is 2.50 bits per heavy atom. The van der Waals surface area contributed by atoms with Crippen LogP contribution in [0.5, 0.6) is 0 Å². The Bertz CT molecular complexity index is 889. The molecule has 1 N–H and O–H groups in total. The monoisotopic (exact) mass is 398 g/mol. The molecule has 1 aliphatic heterocycles. The average molecular weight is 399 g/mol. The number of rotatable bonds is 5. The van der Waals surface area contributed by atoms with Gasteiger partial charge in [-0.3, -0.25) is 9.48 Å². The second-order valence-corrected chi connectivity index (χ2v) is 8.17. The number of hydrogen-bond acceptors (Lipinski definition) is 5. The molecular weight excluding hydrogens is 380 g/mol. The van der Waals surface area contributed by atoms with Gasteiger partial charge in [0.05, 0.1) is 35.0 Å². The number of carbonyl (C=O) groups excluding carboxylic acids is 1. The molecule has 1 fully saturated rings. The molecule has 1 amide bonds. The van der Waals surface area contributed by atoms with Gasteiger partial charge in [0.2, 0.25) is 15.9 Å². The van der Waals surface area contributed by atoms with E-state index in [2.05, 4.69) is 10.4 Å². The summed E-state index contributed by atoms with van der Waals surface area (Å²) >= 11 is 5.91. The molecule has 0 saturated carbocycles. The van der Waals surface area contributed by atoms with Gasteiger partial charge in [0.1, 0.15) is 6.54 Å². The third-order valence-electron chi connectivity index (χ3n) is 4.08. The van der Waals surface area contributed by atoms with E-state index in [0.29, 0.717) is 42.7 Å².